The zero-order valence-corrected chi connectivity index (χ0v) is 17.3. The number of anilines is 2. The number of rotatable bonds is 8. The van der Waals surface area contributed by atoms with Crippen molar-refractivity contribution in [3.63, 3.8) is 0 Å². The Hall–Kier alpha value is -3.26. The summed E-state index contributed by atoms with van der Waals surface area (Å²) in [6.07, 6.45) is 0.966. The number of benzene rings is 2. The van der Waals surface area contributed by atoms with Crippen LogP contribution in [0.15, 0.2) is 47.8 Å². The first-order valence-electron chi connectivity index (χ1n) is 9.11. The standard InChI is InChI=1S/C21H23N3O4S/c1-4-11-28-15-7-5-14(6-8-15)18-13-29-21(23-18)24-20(25)22-17-10-9-16(26-2)12-19(17)27-3/h5-10,12-13H,4,11H2,1-3H3,(H2,22,23,24,25). The van der Waals surface area contributed by atoms with E-state index in [2.05, 4.69) is 22.5 Å². The third kappa shape index (κ3) is 5.39. The van der Waals surface area contributed by atoms with E-state index in [1.807, 2.05) is 29.6 Å². The number of ether oxygens (including phenoxy) is 3. The Labute approximate surface area is 173 Å². The molecule has 2 N–H and O–H groups in total. The minimum Gasteiger partial charge on any atom is -0.497 e. The van der Waals surface area contributed by atoms with Crippen molar-refractivity contribution < 1.29 is 19.0 Å². The molecule has 152 valence electrons. The molecule has 0 aliphatic rings. The first-order valence-corrected chi connectivity index (χ1v) is 9.99. The average molecular weight is 413 g/mol. The Kier molecular flexibility index (Phi) is 6.91. The Morgan fingerprint density at radius 3 is 2.48 bits per heavy atom. The second-order valence-electron chi connectivity index (χ2n) is 6.06. The van der Waals surface area contributed by atoms with Crippen molar-refractivity contribution in [1.82, 2.24) is 4.98 Å². The smallest absolute Gasteiger partial charge is 0.325 e. The molecule has 2 aromatic carbocycles. The van der Waals surface area contributed by atoms with Crippen LogP contribution in [0.3, 0.4) is 0 Å². The van der Waals surface area contributed by atoms with Crippen molar-refractivity contribution in [2.45, 2.75) is 13.3 Å². The molecule has 0 fully saturated rings. The molecule has 7 nitrogen and oxygen atoms in total. The summed E-state index contributed by atoms with van der Waals surface area (Å²) in [6, 6.07) is 12.5. The first-order chi connectivity index (χ1) is 14.1. The third-order valence-electron chi connectivity index (χ3n) is 4.00. The maximum absolute atomic E-state index is 12.3. The Balaban J connectivity index is 1.63. The molecule has 3 rings (SSSR count). The number of amides is 2. The highest BCUT2D eigenvalue weighted by Gasteiger charge is 2.11. The third-order valence-corrected chi connectivity index (χ3v) is 4.76. The summed E-state index contributed by atoms with van der Waals surface area (Å²) in [4.78, 5) is 16.8. The fourth-order valence-corrected chi connectivity index (χ4v) is 3.27. The molecule has 29 heavy (non-hydrogen) atoms. The quantitative estimate of drug-likeness (QED) is 0.526. The summed E-state index contributed by atoms with van der Waals surface area (Å²) < 4.78 is 16.0. The van der Waals surface area contributed by atoms with E-state index < -0.39 is 6.03 Å². The summed E-state index contributed by atoms with van der Waals surface area (Å²) in [5.74, 6) is 1.98. The highest BCUT2D eigenvalue weighted by Crippen LogP contribution is 2.30. The van der Waals surface area contributed by atoms with Gasteiger partial charge in [-0.15, -0.1) is 11.3 Å². The van der Waals surface area contributed by atoms with Gasteiger partial charge in [-0.2, -0.15) is 0 Å². The van der Waals surface area contributed by atoms with Gasteiger partial charge >= 0.3 is 6.03 Å². The van der Waals surface area contributed by atoms with Crippen molar-refractivity contribution in [3.8, 4) is 28.5 Å². The minimum absolute atomic E-state index is 0.405. The van der Waals surface area contributed by atoms with Crippen molar-refractivity contribution in [2.24, 2.45) is 0 Å². The molecule has 2 amide bonds. The summed E-state index contributed by atoms with van der Waals surface area (Å²) in [5.41, 5.74) is 2.27. The number of carbonyl (C=O) groups excluding carboxylic acids is 1. The summed E-state index contributed by atoms with van der Waals surface area (Å²) >= 11 is 1.35. The van der Waals surface area contributed by atoms with Crippen LogP contribution in [0.25, 0.3) is 11.3 Å². The number of hydrogen-bond acceptors (Lipinski definition) is 6. The second kappa shape index (κ2) is 9.79. The molecule has 8 heteroatoms. The van der Waals surface area contributed by atoms with E-state index in [-0.39, 0.29) is 0 Å². The number of nitrogens with one attached hydrogen (secondary N) is 2. The largest absolute Gasteiger partial charge is 0.497 e. The molecule has 0 atom stereocenters. The van der Waals surface area contributed by atoms with E-state index in [9.17, 15) is 4.79 Å². The summed E-state index contributed by atoms with van der Waals surface area (Å²) in [6.45, 7) is 2.76. The fourth-order valence-electron chi connectivity index (χ4n) is 2.56. The van der Waals surface area contributed by atoms with Crippen molar-refractivity contribution in [1.29, 1.82) is 0 Å². The van der Waals surface area contributed by atoms with Crippen LogP contribution in [0, 0.1) is 0 Å². The van der Waals surface area contributed by atoms with Crippen molar-refractivity contribution in [3.05, 3.63) is 47.8 Å². The van der Waals surface area contributed by atoms with E-state index in [4.69, 9.17) is 14.2 Å². The van der Waals surface area contributed by atoms with Gasteiger partial charge in [0, 0.05) is 17.0 Å². The van der Waals surface area contributed by atoms with Gasteiger partial charge in [0.15, 0.2) is 5.13 Å². The maximum atomic E-state index is 12.3. The Morgan fingerprint density at radius 2 is 1.79 bits per heavy atom. The highest BCUT2D eigenvalue weighted by molar-refractivity contribution is 7.14. The van der Waals surface area contributed by atoms with Crippen molar-refractivity contribution in [2.75, 3.05) is 31.5 Å². The lowest BCUT2D eigenvalue weighted by Crippen LogP contribution is -2.19. The zero-order chi connectivity index (χ0) is 20.6. The fraction of sp³-hybridized carbons (Fsp3) is 0.238. The van der Waals surface area contributed by atoms with Gasteiger partial charge in [-0.25, -0.2) is 9.78 Å². The minimum atomic E-state index is -0.405. The van der Waals surface area contributed by atoms with E-state index >= 15 is 0 Å². The molecule has 1 heterocycles. The topological polar surface area (TPSA) is 81.7 Å². The van der Waals surface area contributed by atoms with Crippen LogP contribution >= 0.6 is 11.3 Å². The average Bonchev–Trinajstić information content (AvgIpc) is 3.21. The van der Waals surface area contributed by atoms with Gasteiger partial charge in [-0.05, 0) is 42.8 Å². The summed E-state index contributed by atoms with van der Waals surface area (Å²) in [5, 5.41) is 7.89. The molecule has 1 aromatic heterocycles. The van der Waals surface area contributed by atoms with Gasteiger partial charge in [-0.1, -0.05) is 6.92 Å². The molecule has 0 bridgehead atoms. The SMILES string of the molecule is CCCOc1ccc(-c2csc(NC(=O)Nc3ccc(OC)cc3OC)n2)cc1. The van der Waals surface area contributed by atoms with Crippen LogP contribution in [0.1, 0.15) is 13.3 Å². The van der Waals surface area contributed by atoms with Gasteiger partial charge in [-0.3, -0.25) is 5.32 Å². The Bertz CT molecular complexity index is 957. The van der Waals surface area contributed by atoms with Gasteiger partial charge in [0.2, 0.25) is 0 Å². The van der Waals surface area contributed by atoms with E-state index in [1.54, 1.807) is 25.3 Å². The number of nitrogens with zero attached hydrogens (tertiary/aromatic N) is 1. The first kappa shape index (κ1) is 20.5. The molecule has 0 aliphatic carbocycles. The molecular weight excluding hydrogens is 390 g/mol. The maximum Gasteiger partial charge on any atom is 0.325 e. The van der Waals surface area contributed by atoms with Gasteiger partial charge in [0.25, 0.3) is 0 Å². The van der Waals surface area contributed by atoms with E-state index in [0.29, 0.717) is 28.9 Å². The predicted molar refractivity (Wildman–Crippen MR) is 116 cm³/mol. The molecular formula is C21H23N3O4S. The lowest BCUT2D eigenvalue weighted by molar-refractivity contribution is 0.262. The molecule has 0 aliphatic heterocycles. The molecule has 0 unspecified atom stereocenters. The van der Waals surface area contributed by atoms with Crippen LogP contribution in [-0.4, -0.2) is 31.8 Å². The lowest BCUT2D eigenvalue weighted by Gasteiger charge is -2.11. The van der Waals surface area contributed by atoms with Crippen LogP contribution < -0.4 is 24.8 Å². The van der Waals surface area contributed by atoms with Crippen molar-refractivity contribution >= 4 is 28.2 Å². The van der Waals surface area contributed by atoms with Crippen LogP contribution in [0.5, 0.6) is 17.2 Å². The summed E-state index contributed by atoms with van der Waals surface area (Å²) in [7, 11) is 3.10. The number of thiazole rings is 1. The number of hydrogen-bond donors (Lipinski definition) is 2. The van der Waals surface area contributed by atoms with Gasteiger partial charge in [0.05, 0.1) is 32.2 Å². The molecule has 0 radical (unpaired) electrons. The monoisotopic (exact) mass is 413 g/mol. The molecule has 3 aromatic rings. The molecule has 0 spiro atoms. The number of urea groups is 1. The van der Waals surface area contributed by atoms with Crippen LogP contribution in [-0.2, 0) is 0 Å². The molecule has 0 saturated heterocycles. The number of methoxy groups -OCH3 is 2. The van der Waals surface area contributed by atoms with E-state index in [0.717, 1.165) is 23.4 Å². The van der Waals surface area contributed by atoms with Crippen LogP contribution in [0.4, 0.5) is 15.6 Å². The van der Waals surface area contributed by atoms with Crippen LogP contribution in [0.2, 0.25) is 0 Å². The second-order valence-corrected chi connectivity index (χ2v) is 6.91. The van der Waals surface area contributed by atoms with Gasteiger partial charge < -0.3 is 19.5 Å². The normalized spacial score (nSPS) is 10.3. The predicted octanol–water partition coefficient (Wildman–Crippen LogP) is 5.26. The van der Waals surface area contributed by atoms with Gasteiger partial charge in [0.1, 0.15) is 17.2 Å². The highest BCUT2D eigenvalue weighted by atomic mass is 32.1. The zero-order valence-electron chi connectivity index (χ0n) is 16.5. The number of aromatic nitrogens is 1. The lowest BCUT2D eigenvalue weighted by atomic mass is 10.2. The Morgan fingerprint density at radius 1 is 1.03 bits per heavy atom. The number of carbonyl (C=O) groups is 1. The van der Waals surface area contributed by atoms with E-state index in [1.165, 1.54) is 18.4 Å². The molecule has 0 saturated carbocycles.